The van der Waals surface area contributed by atoms with Gasteiger partial charge >= 0.3 is 6.09 Å². The van der Waals surface area contributed by atoms with Crippen LogP contribution in [0.5, 0.6) is 0 Å². The first-order chi connectivity index (χ1) is 8.35. The summed E-state index contributed by atoms with van der Waals surface area (Å²) in [6.45, 7) is 5.55. The maximum absolute atomic E-state index is 11.9. The summed E-state index contributed by atoms with van der Waals surface area (Å²) in [5.74, 6) is 2.46. The lowest BCUT2D eigenvalue weighted by molar-refractivity contribution is -0.128. The molecule has 0 aromatic heterocycles. The number of amides is 1. The quantitative estimate of drug-likeness (QED) is 0.794. The lowest BCUT2D eigenvalue weighted by Gasteiger charge is -2.37. The van der Waals surface area contributed by atoms with Crippen molar-refractivity contribution >= 4 is 23.6 Å². The molecule has 1 N–H and O–H groups in total. The molecule has 18 heavy (non-hydrogen) atoms. The van der Waals surface area contributed by atoms with Gasteiger partial charge in [0.15, 0.2) is 0 Å². The van der Waals surface area contributed by atoms with Gasteiger partial charge in [-0.15, -0.1) is 0 Å². The molecule has 1 unspecified atom stereocenters. The van der Waals surface area contributed by atoms with E-state index < -0.39 is 5.60 Å². The first kappa shape index (κ1) is 13.7. The maximum Gasteiger partial charge on any atom is 0.407 e. The van der Waals surface area contributed by atoms with Gasteiger partial charge in [-0.2, -0.15) is 11.8 Å². The van der Waals surface area contributed by atoms with E-state index in [-0.39, 0.29) is 24.0 Å². The van der Waals surface area contributed by atoms with Gasteiger partial charge in [0, 0.05) is 29.4 Å². The highest BCUT2D eigenvalue weighted by Crippen LogP contribution is 2.35. The summed E-state index contributed by atoms with van der Waals surface area (Å²) in [4.78, 5) is 23.6. The molecule has 1 saturated carbocycles. The van der Waals surface area contributed by atoms with Gasteiger partial charge in [0.05, 0.1) is 0 Å². The average Bonchev–Trinajstić information content (AvgIpc) is 2.16. The van der Waals surface area contributed by atoms with E-state index in [9.17, 15) is 9.59 Å². The molecular formula is C13H21NO3S. The van der Waals surface area contributed by atoms with Crippen LogP contribution in [0, 0.1) is 11.8 Å². The third-order valence-corrected chi connectivity index (χ3v) is 4.58. The Hall–Kier alpha value is -0.710. The Kier molecular flexibility index (Phi) is 3.90. The number of carbonyl (C=O) groups excluding carboxylic acids is 2. The second-order valence-corrected chi connectivity index (χ2v) is 7.22. The Morgan fingerprint density at radius 3 is 2.33 bits per heavy atom. The van der Waals surface area contributed by atoms with E-state index in [4.69, 9.17) is 4.74 Å². The zero-order valence-electron chi connectivity index (χ0n) is 11.2. The Morgan fingerprint density at radius 2 is 1.83 bits per heavy atom. The Labute approximate surface area is 112 Å². The van der Waals surface area contributed by atoms with E-state index in [0.717, 1.165) is 24.3 Å². The summed E-state index contributed by atoms with van der Waals surface area (Å²) >= 11 is 1.86. The predicted molar refractivity (Wildman–Crippen MR) is 71.7 cm³/mol. The lowest BCUT2D eigenvalue weighted by atomic mass is 9.78. The van der Waals surface area contributed by atoms with E-state index in [1.54, 1.807) is 0 Å². The summed E-state index contributed by atoms with van der Waals surface area (Å²) in [6.07, 6.45) is 1.16. The first-order valence-electron chi connectivity index (χ1n) is 6.46. The number of Topliss-reactive ketones (excluding diaryl/α,β-unsaturated/α-hetero) is 1. The molecule has 102 valence electrons. The molecule has 2 bridgehead atoms. The minimum absolute atomic E-state index is 0.0912. The summed E-state index contributed by atoms with van der Waals surface area (Å²) < 4.78 is 5.25. The molecule has 1 amide bonds. The molecule has 0 aromatic rings. The first-order valence-corrected chi connectivity index (χ1v) is 7.61. The van der Waals surface area contributed by atoms with Gasteiger partial charge in [-0.1, -0.05) is 0 Å². The monoisotopic (exact) mass is 271 g/mol. The molecule has 0 spiro atoms. The summed E-state index contributed by atoms with van der Waals surface area (Å²) in [5, 5.41) is 2.90. The normalized spacial score (nSPS) is 31.9. The molecule has 1 aliphatic heterocycles. The van der Waals surface area contributed by atoms with Crippen LogP contribution < -0.4 is 5.32 Å². The molecule has 0 radical (unpaired) electrons. The third-order valence-electron chi connectivity index (χ3n) is 3.30. The third kappa shape index (κ3) is 3.40. The Morgan fingerprint density at radius 1 is 1.28 bits per heavy atom. The molecule has 0 aromatic carbocycles. The lowest BCUT2D eigenvalue weighted by Crippen LogP contribution is -2.49. The number of hydrogen-bond donors (Lipinski definition) is 1. The Balaban J connectivity index is 1.88. The zero-order valence-corrected chi connectivity index (χ0v) is 12.0. The van der Waals surface area contributed by atoms with Crippen molar-refractivity contribution in [2.75, 3.05) is 11.5 Å². The minimum Gasteiger partial charge on any atom is -0.444 e. The minimum atomic E-state index is -0.472. The SMILES string of the molecule is CC(C)(C)OC(=O)NC1C[C@H]2CSC[C@@H](C1)C2=O. The van der Waals surface area contributed by atoms with Crippen LogP contribution in [0.1, 0.15) is 33.6 Å². The number of fused-ring (bicyclic) bond motifs is 2. The maximum atomic E-state index is 11.9. The average molecular weight is 271 g/mol. The number of nitrogens with one attached hydrogen (secondary N) is 1. The second kappa shape index (κ2) is 5.11. The van der Waals surface area contributed by atoms with E-state index >= 15 is 0 Å². The fraction of sp³-hybridized carbons (Fsp3) is 0.846. The van der Waals surface area contributed by atoms with Gasteiger partial charge in [0.25, 0.3) is 0 Å². The summed E-state index contributed by atoms with van der Waals surface area (Å²) in [5.41, 5.74) is -0.472. The van der Waals surface area contributed by atoms with Crippen LogP contribution in [0.4, 0.5) is 4.79 Å². The van der Waals surface area contributed by atoms with E-state index in [1.165, 1.54) is 0 Å². The number of rotatable bonds is 1. The highest BCUT2D eigenvalue weighted by Gasteiger charge is 2.40. The van der Waals surface area contributed by atoms with Crippen LogP contribution in [-0.2, 0) is 9.53 Å². The largest absolute Gasteiger partial charge is 0.444 e. The van der Waals surface area contributed by atoms with Gasteiger partial charge in [-0.25, -0.2) is 4.79 Å². The number of ketones is 1. The fourth-order valence-electron chi connectivity index (χ4n) is 2.59. The molecule has 3 atom stereocenters. The molecule has 1 aliphatic carbocycles. The zero-order chi connectivity index (χ0) is 13.3. The van der Waals surface area contributed by atoms with E-state index in [1.807, 2.05) is 32.5 Å². The van der Waals surface area contributed by atoms with Crippen molar-refractivity contribution in [1.82, 2.24) is 5.32 Å². The van der Waals surface area contributed by atoms with Gasteiger partial charge in [0.1, 0.15) is 11.4 Å². The van der Waals surface area contributed by atoms with Gasteiger partial charge in [-0.3, -0.25) is 4.79 Å². The summed E-state index contributed by atoms with van der Waals surface area (Å²) in [6, 6.07) is 0.0912. The molecule has 2 fully saturated rings. The molecule has 2 rings (SSSR count). The van der Waals surface area contributed by atoms with Crippen LogP contribution in [0.3, 0.4) is 0 Å². The van der Waals surface area contributed by atoms with Crippen molar-refractivity contribution in [2.45, 2.75) is 45.3 Å². The summed E-state index contributed by atoms with van der Waals surface area (Å²) in [7, 11) is 0. The Bertz CT molecular complexity index is 335. The predicted octanol–water partition coefficient (Wildman–Crippen LogP) is 2.22. The van der Waals surface area contributed by atoms with Crippen molar-refractivity contribution in [3.8, 4) is 0 Å². The number of hydrogen-bond acceptors (Lipinski definition) is 4. The molecular weight excluding hydrogens is 250 g/mol. The van der Waals surface area contributed by atoms with Crippen LogP contribution in [0.15, 0.2) is 0 Å². The van der Waals surface area contributed by atoms with Crippen molar-refractivity contribution in [3.05, 3.63) is 0 Å². The van der Waals surface area contributed by atoms with Gasteiger partial charge < -0.3 is 10.1 Å². The van der Waals surface area contributed by atoms with Crippen molar-refractivity contribution in [3.63, 3.8) is 0 Å². The van der Waals surface area contributed by atoms with Crippen molar-refractivity contribution in [1.29, 1.82) is 0 Å². The van der Waals surface area contributed by atoms with Gasteiger partial charge in [-0.05, 0) is 33.6 Å². The smallest absolute Gasteiger partial charge is 0.407 e. The highest BCUT2D eigenvalue weighted by molar-refractivity contribution is 7.99. The molecule has 1 heterocycles. The van der Waals surface area contributed by atoms with Crippen LogP contribution in [0.25, 0.3) is 0 Å². The van der Waals surface area contributed by atoms with Crippen LogP contribution in [-0.4, -0.2) is 35.0 Å². The molecule has 5 heteroatoms. The van der Waals surface area contributed by atoms with Crippen LogP contribution in [0.2, 0.25) is 0 Å². The fourth-order valence-corrected chi connectivity index (χ4v) is 3.90. The van der Waals surface area contributed by atoms with Crippen molar-refractivity contribution < 1.29 is 14.3 Å². The molecule has 2 aliphatic rings. The van der Waals surface area contributed by atoms with Crippen LogP contribution >= 0.6 is 11.8 Å². The topological polar surface area (TPSA) is 55.4 Å². The highest BCUT2D eigenvalue weighted by atomic mass is 32.2. The standard InChI is InChI=1S/C13H21NO3S/c1-13(2,3)17-12(16)14-10-4-8-6-18-7-9(5-10)11(8)15/h8-10H,4-7H2,1-3H3,(H,14,16)/t8-,9+,10?. The number of carbonyl (C=O) groups is 2. The van der Waals surface area contributed by atoms with E-state index in [0.29, 0.717) is 5.78 Å². The van der Waals surface area contributed by atoms with Crippen molar-refractivity contribution in [2.24, 2.45) is 11.8 Å². The second-order valence-electron chi connectivity index (χ2n) is 6.15. The van der Waals surface area contributed by atoms with Gasteiger partial charge in [0.2, 0.25) is 0 Å². The number of thioether (sulfide) groups is 1. The number of alkyl carbamates (subject to hydrolysis) is 1. The molecule has 1 saturated heterocycles. The molecule has 4 nitrogen and oxygen atoms in total. The number of ether oxygens (including phenoxy) is 1. The van der Waals surface area contributed by atoms with E-state index in [2.05, 4.69) is 5.32 Å².